The molecule has 0 radical (unpaired) electrons. The first-order valence-corrected chi connectivity index (χ1v) is 14.2. The third-order valence-electron chi connectivity index (χ3n) is 5.65. The predicted octanol–water partition coefficient (Wildman–Crippen LogP) is 6.09. The molecule has 0 aromatic heterocycles. The number of benzene rings is 4. The highest BCUT2D eigenvalue weighted by atomic mass is 35.5. The highest BCUT2D eigenvalue weighted by molar-refractivity contribution is 7.92. The topological polar surface area (TPSA) is 123 Å². The average molecular weight is 612 g/mol. The number of carbonyl (C=O) groups is 2. The van der Waals surface area contributed by atoms with Crippen LogP contribution >= 0.6 is 23.2 Å². The van der Waals surface area contributed by atoms with E-state index in [2.05, 4.69) is 15.2 Å². The van der Waals surface area contributed by atoms with Gasteiger partial charge in [-0.25, -0.2) is 18.6 Å². The van der Waals surface area contributed by atoms with Gasteiger partial charge in [-0.05, 0) is 85.3 Å². The molecule has 4 aromatic carbocycles. The van der Waals surface area contributed by atoms with Crippen molar-refractivity contribution in [2.45, 2.75) is 11.8 Å². The monoisotopic (exact) mass is 611 g/mol. The van der Waals surface area contributed by atoms with Crippen LogP contribution in [0.15, 0.2) is 94.9 Å². The fourth-order valence-corrected chi connectivity index (χ4v) is 5.05. The number of hydrogen-bond donors (Lipinski definition) is 2. The van der Waals surface area contributed by atoms with Crippen LogP contribution in [0.25, 0.3) is 0 Å². The second-order valence-corrected chi connectivity index (χ2v) is 11.1. The number of nitrogens with one attached hydrogen (secondary N) is 2. The molecule has 1 amide bonds. The molecule has 0 bridgehead atoms. The highest BCUT2D eigenvalue weighted by Gasteiger charge is 2.17. The molecule has 2 N–H and O–H groups in total. The number of esters is 1. The average Bonchev–Trinajstić information content (AvgIpc) is 2.94. The van der Waals surface area contributed by atoms with Gasteiger partial charge in [0.1, 0.15) is 0 Å². The Hall–Kier alpha value is -4.38. The normalized spacial score (nSPS) is 11.2. The van der Waals surface area contributed by atoms with Crippen LogP contribution in [0.4, 0.5) is 5.69 Å². The van der Waals surface area contributed by atoms with Crippen molar-refractivity contribution in [2.75, 3.05) is 11.8 Å². The summed E-state index contributed by atoms with van der Waals surface area (Å²) in [5.74, 6) is -0.788. The zero-order valence-electron chi connectivity index (χ0n) is 21.7. The van der Waals surface area contributed by atoms with E-state index in [0.717, 1.165) is 5.56 Å². The Morgan fingerprint density at radius 1 is 0.878 bits per heavy atom. The number of amides is 1. The largest absolute Gasteiger partial charge is 0.493 e. The SMILES string of the molecule is COc1cc(C=NNC(=O)c2ccc(NS(=O)(=O)c3ccc(C)cc3)cc2)ccc1OC(=O)c1ccc(Cl)cc1Cl. The van der Waals surface area contributed by atoms with Gasteiger partial charge >= 0.3 is 5.97 Å². The van der Waals surface area contributed by atoms with Crippen LogP contribution < -0.4 is 19.6 Å². The van der Waals surface area contributed by atoms with E-state index < -0.39 is 21.9 Å². The van der Waals surface area contributed by atoms with Gasteiger partial charge in [0, 0.05) is 16.3 Å². The summed E-state index contributed by atoms with van der Waals surface area (Å²) in [7, 11) is -2.35. The van der Waals surface area contributed by atoms with Crippen molar-refractivity contribution < 1.29 is 27.5 Å². The van der Waals surface area contributed by atoms with E-state index in [4.69, 9.17) is 32.7 Å². The number of halogens is 2. The van der Waals surface area contributed by atoms with Crippen molar-refractivity contribution in [3.63, 3.8) is 0 Å². The van der Waals surface area contributed by atoms with Crippen molar-refractivity contribution in [1.29, 1.82) is 0 Å². The highest BCUT2D eigenvalue weighted by Crippen LogP contribution is 2.30. The molecule has 0 fully saturated rings. The second kappa shape index (κ2) is 12.9. The molecular weight excluding hydrogens is 589 g/mol. The van der Waals surface area contributed by atoms with Crippen LogP contribution in [0, 0.1) is 6.92 Å². The van der Waals surface area contributed by atoms with Crippen molar-refractivity contribution in [2.24, 2.45) is 5.10 Å². The fraction of sp³-hybridized carbons (Fsp3) is 0.0690. The number of ether oxygens (including phenoxy) is 2. The summed E-state index contributed by atoms with van der Waals surface area (Å²) in [4.78, 5) is 25.2. The molecule has 210 valence electrons. The van der Waals surface area contributed by atoms with E-state index in [0.29, 0.717) is 16.3 Å². The van der Waals surface area contributed by atoms with Crippen LogP contribution in [-0.2, 0) is 10.0 Å². The molecule has 0 aliphatic rings. The zero-order valence-corrected chi connectivity index (χ0v) is 24.0. The van der Waals surface area contributed by atoms with Gasteiger partial charge in [-0.1, -0.05) is 40.9 Å². The van der Waals surface area contributed by atoms with Gasteiger partial charge in [0.2, 0.25) is 0 Å². The van der Waals surface area contributed by atoms with Gasteiger partial charge in [0.25, 0.3) is 15.9 Å². The number of sulfonamides is 1. The quantitative estimate of drug-likeness (QED) is 0.102. The van der Waals surface area contributed by atoms with E-state index >= 15 is 0 Å². The molecule has 4 rings (SSSR count). The van der Waals surface area contributed by atoms with Crippen LogP contribution in [0.5, 0.6) is 11.5 Å². The Balaban J connectivity index is 1.36. The molecule has 0 heterocycles. The first-order valence-electron chi connectivity index (χ1n) is 11.9. The lowest BCUT2D eigenvalue weighted by Gasteiger charge is -2.11. The van der Waals surface area contributed by atoms with Crippen LogP contribution in [0.2, 0.25) is 10.0 Å². The molecule has 0 unspecified atom stereocenters. The Labute approximate surface area is 246 Å². The molecule has 9 nitrogen and oxygen atoms in total. The third kappa shape index (κ3) is 7.63. The number of rotatable bonds is 9. The molecule has 0 saturated carbocycles. The molecule has 0 atom stereocenters. The fourth-order valence-electron chi connectivity index (χ4n) is 3.51. The van der Waals surface area contributed by atoms with E-state index in [-0.39, 0.29) is 32.5 Å². The van der Waals surface area contributed by atoms with Crippen molar-refractivity contribution in [3.8, 4) is 11.5 Å². The van der Waals surface area contributed by atoms with E-state index in [1.54, 1.807) is 24.3 Å². The van der Waals surface area contributed by atoms with Crippen LogP contribution in [0.1, 0.15) is 31.8 Å². The maximum Gasteiger partial charge on any atom is 0.345 e. The number of aryl methyl sites for hydroxylation is 1. The smallest absolute Gasteiger partial charge is 0.345 e. The number of methoxy groups -OCH3 is 1. The molecule has 0 aliphatic heterocycles. The van der Waals surface area contributed by atoms with Gasteiger partial charge in [-0.3, -0.25) is 9.52 Å². The van der Waals surface area contributed by atoms with Crippen molar-refractivity contribution >= 4 is 57.0 Å². The predicted molar refractivity (Wildman–Crippen MR) is 158 cm³/mol. The summed E-state index contributed by atoms with van der Waals surface area (Å²) in [6.07, 6.45) is 1.38. The minimum Gasteiger partial charge on any atom is -0.493 e. The van der Waals surface area contributed by atoms with Gasteiger partial charge < -0.3 is 9.47 Å². The first-order chi connectivity index (χ1) is 19.6. The summed E-state index contributed by atoms with van der Waals surface area (Å²) in [6.45, 7) is 1.87. The van der Waals surface area contributed by atoms with Crippen molar-refractivity contribution in [1.82, 2.24) is 5.43 Å². The minimum absolute atomic E-state index is 0.132. The number of carbonyl (C=O) groups excluding carboxylic acids is 2. The van der Waals surface area contributed by atoms with Gasteiger partial charge in [-0.2, -0.15) is 5.10 Å². The standard InChI is InChI=1S/C29H23Cl2N3O6S/c1-18-3-11-23(12-4-18)41(37,38)34-22-9-6-20(7-10-22)28(35)33-32-17-19-5-14-26(27(15-19)39-2)40-29(36)24-13-8-21(30)16-25(24)31/h3-17,34H,1-2H3,(H,33,35). The van der Waals surface area contributed by atoms with Gasteiger partial charge in [0.05, 0.1) is 28.8 Å². The van der Waals surface area contributed by atoms with E-state index in [1.807, 2.05) is 6.92 Å². The molecule has 12 heteroatoms. The zero-order chi connectivity index (χ0) is 29.6. The van der Waals surface area contributed by atoms with E-state index in [9.17, 15) is 18.0 Å². The lowest BCUT2D eigenvalue weighted by Crippen LogP contribution is -2.18. The third-order valence-corrected chi connectivity index (χ3v) is 7.60. The summed E-state index contributed by atoms with van der Waals surface area (Å²) >= 11 is 12.0. The molecule has 4 aromatic rings. The van der Waals surface area contributed by atoms with Crippen LogP contribution in [-0.4, -0.2) is 33.6 Å². The minimum atomic E-state index is -3.76. The van der Waals surface area contributed by atoms with Crippen LogP contribution in [0.3, 0.4) is 0 Å². The second-order valence-electron chi connectivity index (χ2n) is 8.62. The van der Waals surface area contributed by atoms with Gasteiger partial charge in [-0.15, -0.1) is 0 Å². The maximum absolute atomic E-state index is 12.6. The number of nitrogens with zero attached hydrogens (tertiary/aromatic N) is 1. The molecule has 0 aliphatic carbocycles. The summed E-state index contributed by atoms with van der Waals surface area (Å²) in [6, 6.07) is 21.5. The summed E-state index contributed by atoms with van der Waals surface area (Å²) in [5.41, 5.74) is 4.61. The lowest BCUT2D eigenvalue weighted by molar-refractivity contribution is 0.0729. The van der Waals surface area contributed by atoms with Gasteiger partial charge in [0.15, 0.2) is 11.5 Å². The number of anilines is 1. The molecule has 41 heavy (non-hydrogen) atoms. The molecular formula is C29H23Cl2N3O6S. The number of hydrazone groups is 1. The summed E-state index contributed by atoms with van der Waals surface area (Å²) in [5, 5.41) is 4.49. The molecule has 0 saturated heterocycles. The summed E-state index contributed by atoms with van der Waals surface area (Å²) < 4.78 is 38.3. The Morgan fingerprint density at radius 3 is 2.24 bits per heavy atom. The van der Waals surface area contributed by atoms with Crippen molar-refractivity contribution in [3.05, 3.63) is 117 Å². The Morgan fingerprint density at radius 2 is 1.59 bits per heavy atom. The lowest BCUT2D eigenvalue weighted by atomic mass is 10.2. The Kier molecular flexibility index (Phi) is 9.28. The first kappa shape index (κ1) is 29.6. The van der Waals surface area contributed by atoms with E-state index in [1.165, 1.54) is 74.0 Å². The maximum atomic E-state index is 12.6. The Bertz CT molecular complexity index is 1720. The number of hydrogen-bond acceptors (Lipinski definition) is 7. The molecule has 0 spiro atoms.